The lowest BCUT2D eigenvalue weighted by Crippen LogP contribution is -2.40. The average molecular weight is 663 g/mol. The first-order valence-electron chi connectivity index (χ1n) is 14.2. The van der Waals surface area contributed by atoms with Crippen molar-refractivity contribution in [2.75, 3.05) is 20.8 Å². The van der Waals surface area contributed by atoms with Gasteiger partial charge in [0.05, 0.1) is 36.6 Å². The Hall–Kier alpha value is -4.31. The first-order chi connectivity index (χ1) is 21.7. The number of fused-ring (bicyclic) bond motifs is 2. The number of nitrogens with zero attached hydrogens (tertiary/aromatic N) is 3. The molecular weight excluding hydrogens is 633 g/mol. The highest BCUT2D eigenvalue weighted by molar-refractivity contribution is 7.07. The molecule has 45 heavy (non-hydrogen) atoms. The fourth-order valence-electron chi connectivity index (χ4n) is 5.63. The Balaban J connectivity index is 1.53. The zero-order chi connectivity index (χ0) is 31.8. The number of benzene rings is 3. The molecule has 0 saturated heterocycles. The molecule has 0 spiro atoms. The number of ether oxygens (including phenoxy) is 3. The molecule has 5 aromatic rings. The third-order valence-electron chi connectivity index (χ3n) is 7.71. The highest BCUT2D eigenvalue weighted by Gasteiger charge is 2.35. The quantitative estimate of drug-likeness (QED) is 0.187. The van der Waals surface area contributed by atoms with E-state index >= 15 is 0 Å². The number of hydrogen-bond donors (Lipinski definition) is 0. The number of esters is 1. The van der Waals surface area contributed by atoms with E-state index in [-0.39, 0.29) is 17.7 Å². The number of halogens is 2. The summed E-state index contributed by atoms with van der Waals surface area (Å²) in [5.74, 6) is 0.506. The smallest absolute Gasteiger partial charge is 0.338 e. The van der Waals surface area contributed by atoms with Gasteiger partial charge in [0.1, 0.15) is 17.5 Å². The summed E-state index contributed by atoms with van der Waals surface area (Å²) in [7, 11) is 3.10. The van der Waals surface area contributed by atoms with Crippen molar-refractivity contribution in [3.8, 4) is 11.5 Å². The first kappa shape index (κ1) is 30.7. The summed E-state index contributed by atoms with van der Waals surface area (Å²) < 4.78 is 20.7. The molecule has 3 aromatic carbocycles. The number of allylic oxidation sites excluding steroid dienone is 1. The predicted octanol–water partition coefficient (Wildman–Crippen LogP) is 6.13. The lowest BCUT2D eigenvalue weighted by molar-refractivity contribution is -0.139. The lowest BCUT2D eigenvalue weighted by atomic mass is 9.95. The SMILES string of the molecule is CCOC(=O)C1=C(C)N=c2s/c(=C\c3cn(Cc4ccc(Cl)cc4Cl)c4ccccc34)c(=O)n2[C@H]1c1ccc(OC)cc1OC. The van der Waals surface area contributed by atoms with Gasteiger partial charge in [0.2, 0.25) is 0 Å². The lowest BCUT2D eigenvalue weighted by Gasteiger charge is -2.26. The van der Waals surface area contributed by atoms with Crippen LogP contribution in [0.25, 0.3) is 17.0 Å². The van der Waals surface area contributed by atoms with Crippen molar-refractivity contribution in [1.82, 2.24) is 9.13 Å². The number of carbonyl (C=O) groups excluding carboxylic acids is 1. The molecule has 0 saturated carbocycles. The van der Waals surface area contributed by atoms with Crippen molar-refractivity contribution >= 4 is 57.5 Å². The molecule has 2 aromatic heterocycles. The van der Waals surface area contributed by atoms with E-state index in [0.29, 0.717) is 48.7 Å². The van der Waals surface area contributed by atoms with Gasteiger partial charge in [-0.2, -0.15) is 0 Å². The second-order valence-corrected chi connectivity index (χ2v) is 12.2. The molecule has 11 heteroatoms. The number of thiazole rings is 1. The van der Waals surface area contributed by atoms with Gasteiger partial charge < -0.3 is 18.8 Å². The van der Waals surface area contributed by atoms with Crippen molar-refractivity contribution in [2.24, 2.45) is 4.99 Å². The second kappa shape index (κ2) is 12.6. The van der Waals surface area contributed by atoms with E-state index in [1.54, 1.807) is 49.8 Å². The molecule has 0 bridgehead atoms. The van der Waals surface area contributed by atoms with Gasteiger partial charge in [-0.15, -0.1) is 0 Å². The van der Waals surface area contributed by atoms with Crippen molar-refractivity contribution in [2.45, 2.75) is 26.4 Å². The highest BCUT2D eigenvalue weighted by Crippen LogP contribution is 2.37. The fraction of sp³-hybridized carbons (Fsp3) is 0.206. The van der Waals surface area contributed by atoms with E-state index in [2.05, 4.69) is 4.57 Å². The van der Waals surface area contributed by atoms with E-state index in [0.717, 1.165) is 22.0 Å². The van der Waals surface area contributed by atoms with Gasteiger partial charge in [-0.25, -0.2) is 9.79 Å². The van der Waals surface area contributed by atoms with Crippen LogP contribution >= 0.6 is 34.5 Å². The molecule has 0 fully saturated rings. The van der Waals surface area contributed by atoms with Gasteiger partial charge in [-0.05, 0) is 55.8 Å². The molecule has 6 rings (SSSR count). The van der Waals surface area contributed by atoms with Crippen LogP contribution < -0.4 is 24.4 Å². The Morgan fingerprint density at radius 2 is 1.87 bits per heavy atom. The minimum Gasteiger partial charge on any atom is -0.497 e. The summed E-state index contributed by atoms with van der Waals surface area (Å²) >= 11 is 13.9. The molecule has 1 aliphatic rings. The fourth-order valence-corrected chi connectivity index (χ4v) is 7.13. The molecule has 0 unspecified atom stereocenters. The molecule has 0 aliphatic carbocycles. The Labute approximate surface area is 273 Å². The van der Waals surface area contributed by atoms with E-state index in [4.69, 9.17) is 42.4 Å². The van der Waals surface area contributed by atoms with Crippen molar-refractivity contribution in [3.63, 3.8) is 0 Å². The number of methoxy groups -OCH3 is 2. The number of para-hydroxylation sites is 1. The molecule has 1 atom stereocenters. The monoisotopic (exact) mass is 661 g/mol. The van der Waals surface area contributed by atoms with Crippen LogP contribution in [0.4, 0.5) is 0 Å². The molecule has 230 valence electrons. The van der Waals surface area contributed by atoms with Crippen LogP contribution in [0.3, 0.4) is 0 Å². The van der Waals surface area contributed by atoms with Gasteiger partial charge in [0.25, 0.3) is 5.56 Å². The first-order valence-corrected chi connectivity index (χ1v) is 15.7. The van der Waals surface area contributed by atoms with E-state index in [1.165, 1.54) is 18.4 Å². The number of carbonyl (C=O) groups is 1. The summed E-state index contributed by atoms with van der Waals surface area (Å²) in [6, 6.07) is 17.9. The molecule has 8 nitrogen and oxygen atoms in total. The molecule has 0 amide bonds. The van der Waals surface area contributed by atoms with Gasteiger partial charge in [-0.3, -0.25) is 9.36 Å². The maximum atomic E-state index is 14.3. The highest BCUT2D eigenvalue weighted by atomic mass is 35.5. The number of hydrogen-bond acceptors (Lipinski definition) is 7. The Bertz CT molecular complexity index is 2180. The zero-order valence-electron chi connectivity index (χ0n) is 25.0. The maximum absolute atomic E-state index is 14.3. The van der Waals surface area contributed by atoms with Gasteiger partial charge in [0.15, 0.2) is 4.80 Å². The van der Waals surface area contributed by atoms with Crippen LogP contribution in [-0.4, -0.2) is 35.9 Å². The van der Waals surface area contributed by atoms with Crippen molar-refractivity contribution < 1.29 is 19.0 Å². The van der Waals surface area contributed by atoms with Gasteiger partial charge >= 0.3 is 5.97 Å². The molecular formula is C34H29Cl2N3O5S. The van der Waals surface area contributed by atoms with E-state index < -0.39 is 12.0 Å². The molecule has 3 heterocycles. The van der Waals surface area contributed by atoms with Crippen LogP contribution in [0, 0.1) is 0 Å². The normalized spacial score (nSPS) is 14.8. The minimum absolute atomic E-state index is 0.178. The van der Waals surface area contributed by atoms with E-state index in [9.17, 15) is 9.59 Å². The summed E-state index contributed by atoms with van der Waals surface area (Å²) in [5, 5.41) is 2.13. The summed E-state index contributed by atoms with van der Waals surface area (Å²) in [6.45, 7) is 4.19. The molecule has 0 N–H and O–H groups in total. The van der Waals surface area contributed by atoms with Crippen LogP contribution in [0.15, 0.2) is 87.9 Å². The average Bonchev–Trinajstić information content (AvgIpc) is 3.53. The Kier molecular flexibility index (Phi) is 8.59. The Morgan fingerprint density at radius 3 is 2.60 bits per heavy atom. The van der Waals surface area contributed by atoms with Gasteiger partial charge in [-0.1, -0.05) is 58.8 Å². The molecule has 1 aliphatic heterocycles. The largest absolute Gasteiger partial charge is 0.497 e. The third-order valence-corrected chi connectivity index (χ3v) is 9.28. The standard InChI is InChI=1S/C34H29Cl2N3O5S/c1-5-44-33(41)30-19(2)37-34-39(31(30)25-13-12-23(42-3)16-28(25)43-4)32(40)29(45-34)14-21-18-38(27-9-7-6-8-24(21)27)17-20-10-11-22(35)15-26(20)36/h6-16,18,31H,5,17H2,1-4H3/b29-14-/t31-/m0/s1. The third kappa shape index (κ3) is 5.67. The van der Waals surface area contributed by atoms with Crippen LogP contribution in [0.5, 0.6) is 11.5 Å². The van der Waals surface area contributed by atoms with Crippen LogP contribution in [0.2, 0.25) is 10.0 Å². The minimum atomic E-state index is -0.823. The maximum Gasteiger partial charge on any atom is 0.338 e. The number of rotatable bonds is 8. The predicted molar refractivity (Wildman–Crippen MR) is 177 cm³/mol. The number of aromatic nitrogens is 2. The van der Waals surface area contributed by atoms with Gasteiger partial charge in [0, 0.05) is 50.9 Å². The molecule has 0 radical (unpaired) electrons. The van der Waals surface area contributed by atoms with Crippen molar-refractivity contribution in [1.29, 1.82) is 0 Å². The summed E-state index contributed by atoms with van der Waals surface area (Å²) in [5.41, 5.74) is 3.84. The second-order valence-electron chi connectivity index (χ2n) is 10.4. The summed E-state index contributed by atoms with van der Waals surface area (Å²) in [4.78, 5) is 32.8. The van der Waals surface area contributed by atoms with Crippen molar-refractivity contribution in [3.05, 3.63) is 125 Å². The topological polar surface area (TPSA) is 84.1 Å². The van der Waals surface area contributed by atoms with E-state index in [1.807, 2.05) is 48.7 Å². The Morgan fingerprint density at radius 1 is 1.07 bits per heavy atom. The van der Waals surface area contributed by atoms with Crippen LogP contribution in [0.1, 0.15) is 36.6 Å². The summed E-state index contributed by atoms with van der Waals surface area (Å²) in [6.07, 6.45) is 3.88. The zero-order valence-corrected chi connectivity index (χ0v) is 27.3. The van der Waals surface area contributed by atoms with Crippen LogP contribution in [-0.2, 0) is 16.1 Å².